The SMILES string of the molecule is CC(=O)[O][Hg][CH2]C1(C)Cc2ccccc2O1. The summed E-state index contributed by atoms with van der Waals surface area (Å²) in [6, 6.07) is 8.12. The molecule has 82 valence electrons. The van der Waals surface area contributed by atoms with Crippen LogP contribution in [0, 0.1) is 0 Å². The molecule has 4 heteroatoms. The van der Waals surface area contributed by atoms with Gasteiger partial charge in [0.1, 0.15) is 0 Å². The molecule has 2 rings (SSSR count). The van der Waals surface area contributed by atoms with Crippen molar-refractivity contribution >= 4 is 5.97 Å². The third kappa shape index (κ3) is 2.76. The molecule has 0 saturated carbocycles. The summed E-state index contributed by atoms with van der Waals surface area (Å²) >= 11 is -1.55. The quantitative estimate of drug-likeness (QED) is 0.723. The van der Waals surface area contributed by atoms with Crippen molar-refractivity contribution in [1.29, 1.82) is 0 Å². The molecule has 0 aliphatic carbocycles. The summed E-state index contributed by atoms with van der Waals surface area (Å²) in [6.45, 7) is 3.59. The van der Waals surface area contributed by atoms with Crippen molar-refractivity contribution in [3.05, 3.63) is 29.8 Å². The average molecular weight is 407 g/mol. The Morgan fingerprint density at radius 2 is 2.31 bits per heavy atom. The van der Waals surface area contributed by atoms with Gasteiger partial charge in [-0.05, 0) is 0 Å². The van der Waals surface area contributed by atoms with Gasteiger partial charge in [-0.25, -0.2) is 0 Å². The van der Waals surface area contributed by atoms with E-state index in [4.69, 9.17) is 7.38 Å². The normalized spacial score (nSPS) is 21.9. The molecular formula is C12H14HgO3. The number of carbonyl (C=O) groups is 1. The Morgan fingerprint density at radius 3 is 3.00 bits per heavy atom. The minimum atomic E-state index is -1.55. The Morgan fingerprint density at radius 1 is 1.56 bits per heavy atom. The molecule has 0 spiro atoms. The maximum atomic E-state index is 10.7. The number of fused-ring (bicyclic) bond motifs is 1. The Balaban J connectivity index is 1.95. The summed E-state index contributed by atoms with van der Waals surface area (Å²) in [4.78, 5) is 10.7. The van der Waals surface area contributed by atoms with Crippen LogP contribution in [0.3, 0.4) is 0 Å². The molecule has 1 aromatic carbocycles. The fourth-order valence-electron chi connectivity index (χ4n) is 2.00. The van der Waals surface area contributed by atoms with Crippen LogP contribution in [-0.4, -0.2) is 11.6 Å². The van der Waals surface area contributed by atoms with Crippen LogP contribution in [0.15, 0.2) is 24.3 Å². The molecule has 0 aromatic heterocycles. The van der Waals surface area contributed by atoms with E-state index in [9.17, 15) is 4.79 Å². The number of benzene rings is 1. The van der Waals surface area contributed by atoms with Crippen LogP contribution in [0.25, 0.3) is 0 Å². The van der Waals surface area contributed by atoms with Crippen LogP contribution >= 0.6 is 0 Å². The monoisotopic (exact) mass is 408 g/mol. The first-order valence-corrected chi connectivity index (χ1v) is 11.6. The van der Waals surface area contributed by atoms with Crippen LogP contribution in [-0.2, 0) is 38.9 Å². The van der Waals surface area contributed by atoms with Crippen molar-refractivity contribution in [2.24, 2.45) is 0 Å². The molecule has 0 fully saturated rings. The van der Waals surface area contributed by atoms with E-state index >= 15 is 0 Å². The first-order chi connectivity index (χ1) is 7.59. The van der Waals surface area contributed by atoms with Crippen molar-refractivity contribution in [3.63, 3.8) is 0 Å². The molecule has 1 unspecified atom stereocenters. The van der Waals surface area contributed by atoms with Crippen molar-refractivity contribution in [1.82, 2.24) is 0 Å². The van der Waals surface area contributed by atoms with Crippen LogP contribution in [0.1, 0.15) is 19.4 Å². The fourth-order valence-corrected chi connectivity index (χ4v) is 6.28. The van der Waals surface area contributed by atoms with Crippen molar-refractivity contribution in [3.8, 4) is 5.75 Å². The molecular weight excluding hydrogens is 393 g/mol. The summed E-state index contributed by atoms with van der Waals surface area (Å²) in [5.74, 6) is 0.849. The number of rotatable bonds is 3. The summed E-state index contributed by atoms with van der Waals surface area (Å²) in [5, 5.41) is 0. The van der Waals surface area contributed by atoms with Crippen molar-refractivity contribution in [2.75, 3.05) is 0 Å². The second-order valence-corrected chi connectivity index (χ2v) is 9.08. The number of hydrogen-bond acceptors (Lipinski definition) is 3. The number of para-hydroxylation sites is 1. The average Bonchev–Trinajstić information content (AvgIpc) is 2.53. The Bertz CT molecular complexity index is 378. The summed E-state index contributed by atoms with van der Waals surface area (Å²) < 4.78 is 12.1. The predicted octanol–water partition coefficient (Wildman–Crippen LogP) is 2.36. The summed E-state index contributed by atoms with van der Waals surface area (Å²) in [7, 11) is 0. The van der Waals surface area contributed by atoms with Gasteiger partial charge >= 0.3 is 109 Å². The molecule has 16 heavy (non-hydrogen) atoms. The first-order valence-electron chi connectivity index (χ1n) is 5.49. The van der Waals surface area contributed by atoms with Gasteiger partial charge in [-0.2, -0.15) is 0 Å². The summed E-state index contributed by atoms with van der Waals surface area (Å²) in [5.41, 5.74) is 1.13. The first kappa shape index (κ1) is 11.9. The number of carbonyl (C=O) groups excluding carboxylic acids is 1. The van der Waals surface area contributed by atoms with Gasteiger partial charge in [-0.15, -0.1) is 0 Å². The van der Waals surface area contributed by atoms with E-state index in [2.05, 4.69) is 13.0 Å². The zero-order valence-corrected chi connectivity index (χ0v) is 15.2. The van der Waals surface area contributed by atoms with Crippen LogP contribution < -0.4 is 4.74 Å². The fraction of sp³-hybridized carbons (Fsp3) is 0.417. The molecule has 0 radical (unpaired) electrons. The van der Waals surface area contributed by atoms with Crippen molar-refractivity contribution < 1.29 is 37.2 Å². The molecule has 1 aromatic rings. The predicted molar refractivity (Wildman–Crippen MR) is 55.8 cm³/mol. The molecule has 0 amide bonds. The molecule has 1 atom stereocenters. The van der Waals surface area contributed by atoms with Gasteiger partial charge < -0.3 is 0 Å². The summed E-state index contributed by atoms with van der Waals surface area (Å²) in [6.07, 6.45) is 0.935. The Kier molecular flexibility index (Phi) is 3.52. The van der Waals surface area contributed by atoms with E-state index in [0.717, 1.165) is 16.1 Å². The van der Waals surface area contributed by atoms with E-state index in [0.29, 0.717) is 0 Å². The van der Waals surface area contributed by atoms with Gasteiger partial charge in [0.05, 0.1) is 0 Å². The zero-order chi connectivity index (χ0) is 11.6. The second kappa shape index (κ2) is 4.74. The number of ether oxygens (including phenoxy) is 1. The van der Waals surface area contributed by atoms with Gasteiger partial charge in [0, 0.05) is 0 Å². The number of hydrogen-bond donors (Lipinski definition) is 0. The standard InChI is InChI=1S/C10H11O.C2H4O2.Hg/c1-10(2)7-8-5-3-4-6-9(8)11-10;1-2(3)4;/h3-6H,1,7H2,2H3;1H3,(H,3,4);/q;;+1/p-1. The third-order valence-electron chi connectivity index (χ3n) is 2.83. The van der Waals surface area contributed by atoms with Gasteiger partial charge in [0.25, 0.3) is 0 Å². The molecule has 3 nitrogen and oxygen atoms in total. The molecule has 1 aliphatic heterocycles. The molecule has 0 saturated heterocycles. The van der Waals surface area contributed by atoms with Crippen molar-refractivity contribution in [2.45, 2.75) is 29.8 Å². The molecule has 1 aliphatic rings. The minimum absolute atomic E-state index is 0.138. The topological polar surface area (TPSA) is 35.5 Å². The van der Waals surface area contributed by atoms with Crippen LogP contribution in [0.2, 0.25) is 3.93 Å². The van der Waals surface area contributed by atoms with E-state index in [1.165, 1.54) is 12.5 Å². The Hall–Kier alpha value is -0.575. The van der Waals surface area contributed by atoms with Gasteiger partial charge in [-0.3, -0.25) is 0 Å². The van der Waals surface area contributed by atoms with E-state index < -0.39 is 25.0 Å². The Labute approximate surface area is 108 Å². The molecule has 1 heterocycles. The van der Waals surface area contributed by atoms with Gasteiger partial charge in [0.15, 0.2) is 0 Å². The third-order valence-corrected chi connectivity index (χ3v) is 10.1. The molecule has 0 N–H and O–H groups in total. The molecule has 0 bridgehead atoms. The van der Waals surface area contributed by atoms with E-state index in [-0.39, 0.29) is 11.6 Å². The second-order valence-electron chi connectivity index (χ2n) is 4.43. The van der Waals surface area contributed by atoms with Gasteiger partial charge in [-0.1, -0.05) is 0 Å². The van der Waals surface area contributed by atoms with Crippen LogP contribution in [0.4, 0.5) is 0 Å². The van der Waals surface area contributed by atoms with Gasteiger partial charge in [0.2, 0.25) is 0 Å². The van der Waals surface area contributed by atoms with Crippen LogP contribution in [0.5, 0.6) is 5.75 Å². The van der Waals surface area contributed by atoms with E-state index in [1.807, 2.05) is 18.2 Å². The zero-order valence-electron chi connectivity index (χ0n) is 9.66. The maximum absolute atomic E-state index is 10.7. The van der Waals surface area contributed by atoms with E-state index in [1.54, 1.807) is 0 Å².